The van der Waals surface area contributed by atoms with Gasteiger partial charge in [0.1, 0.15) is 36.6 Å². The minimum absolute atomic E-state index is 0.0236. The predicted molar refractivity (Wildman–Crippen MR) is 273 cm³/mol. The maximum Gasteiger partial charge on any atom is 0.509 e. The van der Waals surface area contributed by atoms with Crippen LogP contribution in [0, 0.1) is 16.7 Å². The molecule has 1 amide bonds. The number of ether oxygens (including phenoxy) is 7. The molecule has 2 bridgehead atoms. The zero-order valence-corrected chi connectivity index (χ0v) is 43.0. The van der Waals surface area contributed by atoms with E-state index in [-0.39, 0.29) is 40.9 Å². The van der Waals surface area contributed by atoms with Crippen molar-refractivity contribution in [2.24, 2.45) is 16.7 Å². The molecule has 77 heavy (non-hydrogen) atoms. The topological polar surface area (TPSA) is 237 Å². The van der Waals surface area contributed by atoms with Gasteiger partial charge in [-0.3, -0.25) is 14.4 Å². The van der Waals surface area contributed by atoms with Crippen molar-refractivity contribution in [3.8, 4) is 0 Å². The highest BCUT2D eigenvalue weighted by Crippen LogP contribution is 2.65. The van der Waals surface area contributed by atoms with Crippen molar-refractivity contribution in [3.05, 3.63) is 191 Å². The third-order valence-corrected chi connectivity index (χ3v) is 15.8. The Bertz CT molecular complexity index is 3060. The maximum atomic E-state index is 16.6. The van der Waals surface area contributed by atoms with E-state index in [1.54, 1.807) is 127 Å². The van der Waals surface area contributed by atoms with Gasteiger partial charge in [-0.25, -0.2) is 19.2 Å². The molecule has 400 valence electrons. The highest BCUT2D eigenvalue weighted by molar-refractivity contribution is 5.97. The molecule has 17 heteroatoms. The number of amides is 1. The minimum atomic E-state index is -2.54. The average Bonchev–Trinajstić information content (AvgIpc) is 3.55. The first-order chi connectivity index (χ1) is 36.8. The fourth-order valence-corrected chi connectivity index (χ4v) is 11.8. The molecule has 3 fully saturated rings. The summed E-state index contributed by atoms with van der Waals surface area (Å²) in [6, 6.07) is 39.4. The van der Waals surface area contributed by atoms with Gasteiger partial charge in [0.25, 0.3) is 5.91 Å². The van der Waals surface area contributed by atoms with Crippen LogP contribution in [0.3, 0.4) is 0 Å². The van der Waals surface area contributed by atoms with Crippen molar-refractivity contribution in [1.82, 2.24) is 5.32 Å². The van der Waals surface area contributed by atoms with Gasteiger partial charge in [-0.2, -0.15) is 0 Å². The summed E-state index contributed by atoms with van der Waals surface area (Å²) in [4.78, 5) is 102. The molecule has 0 unspecified atom stereocenters. The van der Waals surface area contributed by atoms with Crippen molar-refractivity contribution in [3.63, 3.8) is 0 Å². The van der Waals surface area contributed by atoms with Crippen LogP contribution in [0.4, 0.5) is 4.79 Å². The molecule has 1 aliphatic heterocycles. The fraction of sp³-hybridized carbons (Fsp3) is 0.350. The summed E-state index contributed by atoms with van der Waals surface area (Å²) >= 11 is 0. The Balaban J connectivity index is 1.23. The van der Waals surface area contributed by atoms with E-state index in [1.807, 2.05) is 0 Å². The molecule has 11 atom stereocenters. The van der Waals surface area contributed by atoms with E-state index < -0.39 is 125 Å². The molecular formula is C60H59NO16. The van der Waals surface area contributed by atoms with E-state index in [0.29, 0.717) is 11.1 Å². The lowest BCUT2D eigenvalue weighted by Crippen LogP contribution is -2.82. The number of fused-ring (bicyclic) bond motifs is 5. The summed E-state index contributed by atoms with van der Waals surface area (Å²) in [6.07, 6.45) is -12.6. The second-order valence-corrected chi connectivity index (χ2v) is 20.6. The van der Waals surface area contributed by atoms with Gasteiger partial charge in [-0.05, 0) is 72.5 Å². The molecule has 5 aromatic rings. The lowest BCUT2D eigenvalue weighted by atomic mass is 9.44. The fourth-order valence-electron chi connectivity index (χ4n) is 11.8. The minimum Gasteiger partial charge on any atom is -0.458 e. The van der Waals surface area contributed by atoms with Crippen LogP contribution in [0.2, 0.25) is 0 Å². The van der Waals surface area contributed by atoms with E-state index in [4.69, 9.17) is 33.2 Å². The summed E-state index contributed by atoms with van der Waals surface area (Å²) in [6.45, 7) is 6.45. The summed E-state index contributed by atoms with van der Waals surface area (Å²) in [5.41, 5.74) is -7.25. The standard InChI is InChI=1S/C60H59NO16/c1-35-42(73-55(68)47(63)46(38-23-13-7-14-24-38)61-52(65)39-25-15-8-16-26-39)32-60(70)51(76-54(67)41-29-19-10-20-30-41)49-58(5,50(64)48(45(35)57(60,3)4)75-56(69)71-33-37-21-11-6-12-22-37)43(74-53(66)40-27-17-9-18-28-40)31-44-59(49,34-72-44)77-36(2)62/h6-30,42-44,46-49,51,63,70H,31-34H2,1-5H3,(H,61,65)/t42-,43-,44+,46-,47+,48+,49-,51-,58+,59-,60+/m0/s1. The van der Waals surface area contributed by atoms with Gasteiger partial charge in [0, 0.05) is 30.7 Å². The summed E-state index contributed by atoms with van der Waals surface area (Å²) in [7, 11) is 0. The number of rotatable bonds is 14. The molecule has 1 saturated heterocycles. The third-order valence-electron chi connectivity index (χ3n) is 15.8. The number of nitrogens with one attached hydrogen (secondary N) is 1. The Kier molecular flexibility index (Phi) is 15.1. The lowest BCUT2D eigenvalue weighted by Gasteiger charge is -2.67. The number of carbonyl (C=O) groups is 7. The van der Waals surface area contributed by atoms with E-state index in [9.17, 15) is 39.0 Å². The number of hydrogen-bond donors (Lipinski definition) is 3. The SMILES string of the molecule is CC(=O)O[C@@]12CO[C@@H]1C[C@H](OC(=O)c1ccccc1)[C@@]1(C)C(=O)[C@H](OC(=O)OCc3ccccc3)C3=C(C)[C@@H](OC(=O)[C@H](O)[C@@H](NC(=O)c4ccccc4)c4ccccc4)C[C@@](O)([C@@H](OC(=O)c4ccccc4)[C@H]21)C3(C)C. The number of Topliss-reactive ketones (excluding diaryl/α,β-unsaturated/α-hetero) is 1. The quantitative estimate of drug-likeness (QED) is 0.0558. The first-order valence-corrected chi connectivity index (χ1v) is 25.3. The zero-order valence-electron chi connectivity index (χ0n) is 43.0. The van der Waals surface area contributed by atoms with Gasteiger partial charge in [0.15, 0.2) is 23.6 Å². The maximum absolute atomic E-state index is 16.6. The smallest absolute Gasteiger partial charge is 0.458 e. The van der Waals surface area contributed by atoms with Gasteiger partial charge < -0.3 is 48.7 Å². The number of carbonyl (C=O) groups excluding carboxylic acids is 7. The van der Waals surface area contributed by atoms with Crippen LogP contribution in [0.15, 0.2) is 163 Å². The Labute approximate surface area is 444 Å². The second kappa shape index (κ2) is 21.6. The van der Waals surface area contributed by atoms with Gasteiger partial charge in [-0.1, -0.05) is 129 Å². The molecule has 0 radical (unpaired) electrons. The molecule has 3 aliphatic carbocycles. The molecule has 2 saturated carbocycles. The summed E-state index contributed by atoms with van der Waals surface area (Å²) < 4.78 is 43.5. The first-order valence-electron chi connectivity index (χ1n) is 25.3. The lowest BCUT2D eigenvalue weighted by molar-refractivity contribution is -0.345. The highest BCUT2D eigenvalue weighted by Gasteiger charge is 2.79. The van der Waals surface area contributed by atoms with Gasteiger partial charge in [0.2, 0.25) is 0 Å². The van der Waals surface area contributed by atoms with Crippen LogP contribution in [0.5, 0.6) is 0 Å². The molecule has 1 heterocycles. The van der Waals surface area contributed by atoms with Crippen LogP contribution in [-0.2, 0) is 54.1 Å². The van der Waals surface area contributed by atoms with Crippen molar-refractivity contribution < 1.29 is 76.9 Å². The summed E-state index contributed by atoms with van der Waals surface area (Å²) in [5.74, 6) is -7.23. The normalized spacial score (nSPS) is 27.7. The average molecular weight is 1050 g/mol. The Morgan fingerprint density at radius 3 is 1.79 bits per heavy atom. The van der Waals surface area contributed by atoms with E-state index in [1.165, 1.54) is 52.0 Å². The molecule has 9 rings (SSSR count). The molecule has 5 aromatic carbocycles. The van der Waals surface area contributed by atoms with Crippen LogP contribution in [0.25, 0.3) is 0 Å². The van der Waals surface area contributed by atoms with Crippen molar-refractivity contribution in [2.75, 3.05) is 6.61 Å². The number of ketones is 1. The van der Waals surface area contributed by atoms with Gasteiger partial charge in [0.05, 0.1) is 35.1 Å². The van der Waals surface area contributed by atoms with E-state index >= 15 is 4.79 Å². The van der Waals surface area contributed by atoms with Crippen LogP contribution < -0.4 is 5.32 Å². The molecule has 0 aromatic heterocycles. The number of aliphatic hydroxyl groups excluding tert-OH is 1. The Hall–Kier alpha value is -7.99. The molecule has 0 spiro atoms. The largest absolute Gasteiger partial charge is 0.509 e. The molecule has 4 aliphatic rings. The van der Waals surface area contributed by atoms with Gasteiger partial charge in [-0.15, -0.1) is 0 Å². The molecular weight excluding hydrogens is 991 g/mol. The van der Waals surface area contributed by atoms with Crippen molar-refractivity contribution in [1.29, 1.82) is 0 Å². The first kappa shape index (κ1) is 53.8. The van der Waals surface area contributed by atoms with Crippen molar-refractivity contribution >= 4 is 41.7 Å². The molecule has 3 N–H and O–H groups in total. The van der Waals surface area contributed by atoms with E-state index in [2.05, 4.69) is 5.32 Å². The number of hydrogen-bond acceptors (Lipinski definition) is 16. The van der Waals surface area contributed by atoms with Crippen LogP contribution in [-0.4, -0.2) is 106 Å². The Morgan fingerprint density at radius 1 is 0.714 bits per heavy atom. The van der Waals surface area contributed by atoms with Gasteiger partial charge >= 0.3 is 30.0 Å². The predicted octanol–water partition coefficient (Wildman–Crippen LogP) is 7.39. The third kappa shape index (κ3) is 10.0. The zero-order chi connectivity index (χ0) is 54.9. The number of benzene rings is 5. The highest BCUT2D eigenvalue weighted by atomic mass is 16.7. The van der Waals surface area contributed by atoms with Crippen LogP contribution in [0.1, 0.15) is 95.7 Å². The number of esters is 4. The van der Waals surface area contributed by atoms with Crippen molar-refractivity contribution in [2.45, 2.75) is 108 Å². The molecule has 17 nitrogen and oxygen atoms in total. The number of aliphatic hydroxyl groups is 2. The van der Waals surface area contributed by atoms with Crippen LogP contribution >= 0.6 is 0 Å². The summed E-state index contributed by atoms with van der Waals surface area (Å²) in [5, 5.41) is 29.0. The van der Waals surface area contributed by atoms with E-state index in [0.717, 1.165) is 6.92 Å². The monoisotopic (exact) mass is 1050 g/mol. The Morgan fingerprint density at radius 2 is 1.25 bits per heavy atom. The second-order valence-electron chi connectivity index (χ2n) is 20.6.